The van der Waals surface area contributed by atoms with Crippen LogP contribution in [0.5, 0.6) is 0 Å². The molecule has 1 aromatic rings. The Morgan fingerprint density at radius 3 is 2.65 bits per heavy atom. The van der Waals surface area contributed by atoms with Crippen LogP contribution >= 0.6 is 11.6 Å². The second kappa shape index (κ2) is 5.92. The molecular weight excluding hydrogens is 242 g/mol. The summed E-state index contributed by atoms with van der Waals surface area (Å²) in [5, 5.41) is 0.468. The van der Waals surface area contributed by atoms with Crippen molar-refractivity contribution in [3.63, 3.8) is 0 Å². The lowest BCUT2D eigenvalue weighted by molar-refractivity contribution is -0.121. The zero-order valence-electron chi connectivity index (χ0n) is 8.85. The zero-order valence-corrected chi connectivity index (χ0v) is 9.61. The van der Waals surface area contributed by atoms with E-state index in [1.165, 1.54) is 0 Å². The second-order valence-electron chi connectivity index (χ2n) is 3.23. The van der Waals surface area contributed by atoms with Gasteiger partial charge >= 0.3 is 6.09 Å². The van der Waals surface area contributed by atoms with Crippen molar-refractivity contribution in [1.29, 1.82) is 0 Å². The molecule has 0 aliphatic heterocycles. The third kappa shape index (κ3) is 3.82. The van der Waals surface area contributed by atoms with Crippen LogP contribution in [0.15, 0.2) is 24.3 Å². The van der Waals surface area contributed by atoms with Crippen LogP contribution in [0.3, 0.4) is 0 Å². The Morgan fingerprint density at radius 2 is 2.12 bits per heavy atom. The maximum absolute atomic E-state index is 11.4. The number of amides is 1. The van der Waals surface area contributed by atoms with Crippen LogP contribution in [-0.2, 0) is 16.0 Å². The van der Waals surface area contributed by atoms with Gasteiger partial charge in [0.15, 0.2) is 6.10 Å². The van der Waals surface area contributed by atoms with Gasteiger partial charge in [0.2, 0.25) is 5.78 Å². The fourth-order valence-corrected chi connectivity index (χ4v) is 1.50. The van der Waals surface area contributed by atoms with E-state index in [0.717, 1.165) is 0 Å². The molecule has 0 unspecified atom stereocenters. The van der Waals surface area contributed by atoms with Gasteiger partial charge in [0, 0.05) is 11.4 Å². The van der Waals surface area contributed by atoms with Crippen molar-refractivity contribution in [1.82, 2.24) is 0 Å². The first-order valence-corrected chi connectivity index (χ1v) is 5.12. The minimum absolute atomic E-state index is 0.103. The van der Waals surface area contributed by atoms with Crippen LogP contribution in [0.1, 0.15) is 5.56 Å². The van der Waals surface area contributed by atoms with Gasteiger partial charge < -0.3 is 10.5 Å². The van der Waals surface area contributed by atoms with Crippen molar-refractivity contribution >= 4 is 23.5 Å². The SMILES string of the molecule is C#CC(=O)[C@H](Cc1ccccc1Cl)OC(N)=O. The highest BCUT2D eigenvalue weighted by atomic mass is 35.5. The summed E-state index contributed by atoms with van der Waals surface area (Å²) in [6.45, 7) is 0. The molecule has 0 fully saturated rings. The normalized spacial score (nSPS) is 11.3. The summed E-state index contributed by atoms with van der Waals surface area (Å²) in [6.07, 6.45) is 2.93. The maximum atomic E-state index is 11.4. The number of Topliss-reactive ketones (excluding diaryl/α,β-unsaturated/α-hetero) is 1. The number of hydrogen-bond donors (Lipinski definition) is 1. The van der Waals surface area contributed by atoms with E-state index < -0.39 is 18.0 Å². The van der Waals surface area contributed by atoms with Gasteiger partial charge in [-0.2, -0.15) is 0 Å². The Labute approximate surface area is 104 Å². The zero-order chi connectivity index (χ0) is 12.8. The van der Waals surface area contributed by atoms with Gasteiger partial charge in [-0.25, -0.2) is 4.79 Å². The smallest absolute Gasteiger partial charge is 0.405 e. The van der Waals surface area contributed by atoms with Gasteiger partial charge in [-0.15, -0.1) is 6.42 Å². The number of benzene rings is 1. The highest BCUT2D eigenvalue weighted by molar-refractivity contribution is 6.31. The van der Waals surface area contributed by atoms with E-state index in [-0.39, 0.29) is 6.42 Å². The van der Waals surface area contributed by atoms with E-state index in [9.17, 15) is 9.59 Å². The Balaban J connectivity index is 2.87. The van der Waals surface area contributed by atoms with Gasteiger partial charge in [-0.3, -0.25) is 4.79 Å². The molecule has 2 N–H and O–H groups in total. The summed E-state index contributed by atoms with van der Waals surface area (Å²) in [4.78, 5) is 22.0. The Bertz CT molecular complexity index is 479. The number of carbonyl (C=O) groups excluding carboxylic acids is 2. The second-order valence-corrected chi connectivity index (χ2v) is 3.64. The standard InChI is InChI=1S/C12H10ClNO3/c1-2-10(15)11(17-12(14)16)7-8-5-3-4-6-9(8)13/h1,3-6,11H,7H2,(H2,14,16)/t11-/m0/s1. The summed E-state index contributed by atoms with van der Waals surface area (Å²) < 4.78 is 4.65. The van der Waals surface area contributed by atoms with E-state index >= 15 is 0 Å². The molecule has 0 aliphatic carbocycles. The van der Waals surface area contributed by atoms with Crippen molar-refractivity contribution in [2.45, 2.75) is 12.5 Å². The molecule has 0 saturated heterocycles. The predicted molar refractivity (Wildman–Crippen MR) is 63.5 cm³/mol. The van der Waals surface area contributed by atoms with Crippen LogP contribution in [0.2, 0.25) is 5.02 Å². The van der Waals surface area contributed by atoms with Crippen LogP contribution in [0, 0.1) is 12.3 Å². The lowest BCUT2D eigenvalue weighted by Gasteiger charge is -2.13. The average Bonchev–Trinajstić information content (AvgIpc) is 2.29. The number of nitrogens with two attached hydrogens (primary N) is 1. The third-order valence-electron chi connectivity index (χ3n) is 2.06. The lowest BCUT2D eigenvalue weighted by atomic mass is 10.1. The third-order valence-corrected chi connectivity index (χ3v) is 2.42. The molecule has 0 aliphatic rings. The quantitative estimate of drug-likeness (QED) is 0.652. The Hall–Kier alpha value is -1.99. The van der Waals surface area contributed by atoms with Gasteiger partial charge in [0.25, 0.3) is 0 Å². The Morgan fingerprint density at radius 1 is 1.47 bits per heavy atom. The molecule has 0 radical (unpaired) electrons. The molecule has 88 valence electrons. The number of ether oxygens (including phenoxy) is 1. The summed E-state index contributed by atoms with van der Waals surface area (Å²) >= 11 is 5.92. The van der Waals surface area contributed by atoms with Gasteiger partial charge in [0.1, 0.15) is 0 Å². The highest BCUT2D eigenvalue weighted by Gasteiger charge is 2.21. The minimum atomic E-state index is -1.10. The number of terminal acetylenes is 1. The Kier molecular flexibility index (Phi) is 4.56. The van der Waals surface area contributed by atoms with Crippen molar-refractivity contribution in [2.75, 3.05) is 0 Å². The minimum Gasteiger partial charge on any atom is -0.437 e. The van der Waals surface area contributed by atoms with Crippen molar-refractivity contribution in [3.8, 4) is 12.3 Å². The van der Waals surface area contributed by atoms with Crippen molar-refractivity contribution in [3.05, 3.63) is 34.9 Å². The van der Waals surface area contributed by atoms with Crippen LogP contribution in [0.25, 0.3) is 0 Å². The van der Waals surface area contributed by atoms with E-state index in [0.29, 0.717) is 10.6 Å². The molecule has 1 aromatic carbocycles. The number of halogens is 1. The van der Waals surface area contributed by atoms with E-state index in [1.54, 1.807) is 24.3 Å². The van der Waals surface area contributed by atoms with E-state index in [4.69, 9.17) is 23.8 Å². The molecular formula is C12H10ClNO3. The van der Waals surface area contributed by atoms with E-state index in [2.05, 4.69) is 4.74 Å². The van der Waals surface area contributed by atoms with Crippen LogP contribution < -0.4 is 5.73 Å². The monoisotopic (exact) mass is 251 g/mol. The number of rotatable bonds is 4. The molecule has 1 amide bonds. The fourth-order valence-electron chi connectivity index (χ4n) is 1.28. The number of ketones is 1. The lowest BCUT2D eigenvalue weighted by Crippen LogP contribution is -2.31. The maximum Gasteiger partial charge on any atom is 0.405 e. The first-order chi connectivity index (χ1) is 8.04. The molecule has 1 atom stereocenters. The first kappa shape index (κ1) is 13.1. The molecule has 0 spiro atoms. The topological polar surface area (TPSA) is 69.4 Å². The van der Waals surface area contributed by atoms with E-state index in [1.807, 2.05) is 5.92 Å². The first-order valence-electron chi connectivity index (χ1n) is 4.74. The molecule has 0 aromatic heterocycles. The highest BCUT2D eigenvalue weighted by Crippen LogP contribution is 2.17. The molecule has 5 heteroatoms. The largest absolute Gasteiger partial charge is 0.437 e. The summed E-state index contributed by atoms with van der Waals surface area (Å²) in [6, 6.07) is 6.88. The fraction of sp³-hybridized carbons (Fsp3) is 0.167. The molecule has 0 bridgehead atoms. The molecule has 0 heterocycles. The van der Waals surface area contributed by atoms with Gasteiger partial charge in [-0.05, 0) is 17.6 Å². The molecule has 17 heavy (non-hydrogen) atoms. The molecule has 1 rings (SSSR count). The summed E-state index contributed by atoms with van der Waals surface area (Å²) in [7, 11) is 0. The number of hydrogen-bond acceptors (Lipinski definition) is 3. The molecule has 4 nitrogen and oxygen atoms in total. The van der Waals surface area contributed by atoms with Crippen molar-refractivity contribution < 1.29 is 14.3 Å². The van der Waals surface area contributed by atoms with Gasteiger partial charge in [0.05, 0.1) is 0 Å². The summed E-state index contributed by atoms with van der Waals surface area (Å²) in [5.41, 5.74) is 5.52. The van der Waals surface area contributed by atoms with Crippen LogP contribution in [0.4, 0.5) is 4.79 Å². The van der Waals surface area contributed by atoms with Gasteiger partial charge in [-0.1, -0.05) is 29.8 Å². The average molecular weight is 252 g/mol. The molecule has 0 saturated carbocycles. The van der Waals surface area contributed by atoms with Crippen molar-refractivity contribution in [2.24, 2.45) is 5.73 Å². The predicted octanol–water partition coefficient (Wildman–Crippen LogP) is 1.55. The summed E-state index contributed by atoms with van der Waals surface area (Å²) in [5.74, 6) is 1.25. The van der Waals surface area contributed by atoms with Crippen LogP contribution in [-0.4, -0.2) is 18.0 Å². The number of primary amides is 1. The number of carbonyl (C=O) groups is 2.